The third-order valence-corrected chi connectivity index (χ3v) is 4.18. The van der Waals surface area contributed by atoms with Crippen LogP contribution in [-0.2, 0) is 20.0 Å². The van der Waals surface area contributed by atoms with Gasteiger partial charge in [0.15, 0.2) is 0 Å². The molecule has 2 aromatic heterocycles. The molecule has 0 amide bonds. The number of H-pyrrole nitrogens is 1. The predicted molar refractivity (Wildman–Crippen MR) is 78.2 cm³/mol. The van der Waals surface area contributed by atoms with Crippen molar-refractivity contribution in [2.45, 2.75) is 32.7 Å². The molecule has 3 heterocycles. The largest absolute Gasteiger partial charge is 0.297 e. The summed E-state index contributed by atoms with van der Waals surface area (Å²) in [6, 6.07) is 2.11. The molecule has 0 bridgehead atoms. The zero-order valence-electron chi connectivity index (χ0n) is 12.3. The Morgan fingerprint density at radius 3 is 3.05 bits per heavy atom. The molecular weight excluding hydrogens is 250 g/mol. The third kappa shape index (κ3) is 3.10. The Bertz CT molecular complexity index is 556. The molecule has 1 saturated heterocycles. The molecule has 1 N–H and O–H groups in total. The van der Waals surface area contributed by atoms with Crippen LogP contribution in [0.5, 0.6) is 0 Å². The number of likely N-dealkylation sites (tertiary alicyclic amines) is 1. The number of hydrogen-bond acceptors (Lipinski definition) is 3. The molecule has 1 aliphatic rings. The third-order valence-electron chi connectivity index (χ3n) is 4.18. The van der Waals surface area contributed by atoms with Crippen LogP contribution in [0.4, 0.5) is 0 Å². The Hall–Kier alpha value is -1.62. The molecule has 0 spiro atoms. The van der Waals surface area contributed by atoms with Crippen LogP contribution in [-0.4, -0.2) is 38.0 Å². The van der Waals surface area contributed by atoms with Crippen molar-refractivity contribution in [2.75, 3.05) is 13.1 Å². The van der Waals surface area contributed by atoms with Crippen molar-refractivity contribution in [2.24, 2.45) is 13.0 Å². The van der Waals surface area contributed by atoms with E-state index < -0.39 is 0 Å². The average molecular weight is 273 g/mol. The number of nitrogens with one attached hydrogen (secondary N) is 1. The summed E-state index contributed by atoms with van der Waals surface area (Å²) in [5.41, 5.74) is 3.76. The quantitative estimate of drug-likeness (QED) is 0.925. The highest BCUT2D eigenvalue weighted by Crippen LogP contribution is 2.22. The van der Waals surface area contributed by atoms with Crippen LogP contribution < -0.4 is 0 Å². The topological polar surface area (TPSA) is 49.7 Å². The van der Waals surface area contributed by atoms with E-state index in [-0.39, 0.29) is 0 Å². The van der Waals surface area contributed by atoms with Crippen LogP contribution >= 0.6 is 0 Å². The lowest BCUT2D eigenvalue weighted by Gasteiger charge is -2.32. The summed E-state index contributed by atoms with van der Waals surface area (Å²) in [6.45, 7) is 5.46. The summed E-state index contributed by atoms with van der Waals surface area (Å²) < 4.78 is 1.88. The van der Waals surface area contributed by atoms with Gasteiger partial charge < -0.3 is 0 Å². The highest BCUT2D eigenvalue weighted by atomic mass is 15.3. The molecule has 0 aliphatic carbocycles. The van der Waals surface area contributed by atoms with Gasteiger partial charge in [0.05, 0.1) is 11.9 Å². The zero-order chi connectivity index (χ0) is 13.9. The van der Waals surface area contributed by atoms with E-state index in [4.69, 9.17) is 0 Å². The van der Waals surface area contributed by atoms with E-state index in [2.05, 4.69) is 33.2 Å². The highest BCUT2D eigenvalue weighted by molar-refractivity contribution is 5.14. The summed E-state index contributed by atoms with van der Waals surface area (Å²) in [7, 11) is 1.98. The number of hydrogen-bond donors (Lipinski definition) is 1. The Labute approximate surface area is 120 Å². The Balaban J connectivity index is 1.57. The van der Waals surface area contributed by atoms with Crippen LogP contribution in [0.1, 0.15) is 29.8 Å². The first-order chi connectivity index (χ1) is 9.70. The summed E-state index contributed by atoms with van der Waals surface area (Å²) in [5, 5.41) is 11.7. The van der Waals surface area contributed by atoms with Gasteiger partial charge in [-0.2, -0.15) is 10.2 Å². The van der Waals surface area contributed by atoms with Crippen molar-refractivity contribution < 1.29 is 0 Å². The lowest BCUT2D eigenvalue weighted by molar-refractivity contribution is 0.164. The molecule has 20 heavy (non-hydrogen) atoms. The number of nitrogens with zero attached hydrogens (tertiary/aromatic N) is 4. The van der Waals surface area contributed by atoms with Crippen molar-refractivity contribution >= 4 is 0 Å². The van der Waals surface area contributed by atoms with Crippen LogP contribution in [0.3, 0.4) is 0 Å². The first kappa shape index (κ1) is 13.4. The minimum Gasteiger partial charge on any atom is -0.297 e. The van der Waals surface area contributed by atoms with E-state index in [1.54, 1.807) is 0 Å². The van der Waals surface area contributed by atoms with E-state index in [0.29, 0.717) is 0 Å². The minimum absolute atomic E-state index is 0.728. The number of aryl methyl sites for hydroxylation is 2. The molecule has 2 aromatic rings. The molecule has 0 aromatic carbocycles. The van der Waals surface area contributed by atoms with Crippen LogP contribution in [0.25, 0.3) is 0 Å². The molecule has 5 nitrogen and oxygen atoms in total. The van der Waals surface area contributed by atoms with Gasteiger partial charge in [-0.1, -0.05) is 0 Å². The molecule has 0 radical (unpaired) electrons. The lowest BCUT2D eigenvalue weighted by atomic mass is 9.92. The lowest BCUT2D eigenvalue weighted by Crippen LogP contribution is -2.36. The van der Waals surface area contributed by atoms with E-state index >= 15 is 0 Å². The van der Waals surface area contributed by atoms with Crippen molar-refractivity contribution in [3.05, 3.63) is 35.4 Å². The molecule has 3 rings (SSSR count). The number of rotatable bonds is 4. The van der Waals surface area contributed by atoms with Gasteiger partial charge in [0.1, 0.15) is 0 Å². The number of piperidine rings is 1. The second-order valence-corrected chi connectivity index (χ2v) is 5.96. The van der Waals surface area contributed by atoms with Crippen LogP contribution in [0.15, 0.2) is 18.5 Å². The van der Waals surface area contributed by atoms with Crippen molar-refractivity contribution in [1.29, 1.82) is 0 Å². The average Bonchev–Trinajstić information content (AvgIpc) is 3.00. The van der Waals surface area contributed by atoms with Crippen molar-refractivity contribution in [3.8, 4) is 0 Å². The van der Waals surface area contributed by atoms with Gasteiger partial charge in [-0.3, -0.25) is 14.7 Å². The fraction of sp³-hybridized carbons (Fsp3) is 0.600. The van der Waals surface area contributed by atoms with E-state index in [1.807, 2.05) is 24.1 Å². The molecule has 1 fully saturated rings. The summed E-state index contributed by atoms with van der Waals surface area (Å²) >= 11 is 0. The molecule has 1 atom stereocenters. The summed E-state index contributed by atoms with van der Waals surface area (Å²) in [6.07, 6.45) is 7.65. The SMILES string of the molecule is Cc1cn[nH]c1C[C@@H]1CCCN(Cc2ccn(C)n2)C1. The van der Waals surface area contributed by atoms with E-state index in [0.717, 1.165) is 25.4 Å². The van der Waals surface area contributed by atoms with E-state index in [1.165, 1.54) is 36.3 Å². The minimum atomic E-state index is 0.728. The number of aromatic amines is 1. The maximum atomic E-state index is 4.48. The summed E-state index contributed by atoms with van der Waals surface area (Å²) in [5.74, 6) is 0.728. The Morgan fingerprint density at radius 1 is 1.45 bits per heavy atom. The van der Waals surface area contributed by atoms with Gasteiger partial charge >= 0.3 is 0 Å². The van der Waals surface area contributed by atoms with Gasteiger partial charge in [0, 0.05) is 32.0 Å². The van der Waals surface area contributed by atoms with Crippen molar-refractivity contribution in [1.82, 2.24) is 24.9 Å². The second kappa shape index (κ2) is 5.79. The zero-order valence-corrected chi connectivity index (χ0v) is 12.3. The summed E-state index contributed by atoms with van der Waals surface area (Å²) in [4.78, 5) is 2.53. The molecular formula is C15H23N5. The van der Waals surface area contributed by atoms with Crippen LogP contribution in [0, 0.1) is 12.8 Å². The smallest absolute Gasteiger partial charge is 0.0764 e. The fourth-order valence-electron chi connectivity index (χ4n) is 3.11. The Morgan fingerprint density at radius 2 is 2.35 bits per heavy atom. The fourth-order valence-corrected chi connectivity index (χ4v) is 3.11. The van der Waals surface area contributed by atoms with Gasteiger partial charge in [-0.25, -0.2) is 0 Å². The Kier molecular flexibility index (Phi) is 3.87. The number of aromatic nitrogens is 4. The second-order valence-electron chi connectivity index (χ2n) is 5.96. The molecule has 5 heteroatoms. The van der Waals surface area contributed by atoms with Gasteiger partial charge in [-0.15, -0.1) is 0 Å². The van der Waals surface area contributed by atoms with Gasteiger partial charge in [0.25, 0.3) is 0 Å². The van der Waals surface area contributed by atoms with E-state index in [9.17, 15) is 0 Å². The maximum Gasteiger partial charge on any atom is 0.0764 e. The first-order valence-corrected chi connectivity index (χ1v) is 7.40. The normalized spacial score (nSPS) is 20.4. The molecule has 0 saturated carbocycles. The molecule has 1 aliphatic heterocycles. The van der Waals surface area contributed by atoms with Crippen LogP contribution in [0.2, 0.25) is 0 Å². The first-order valence-electron chi connectivity index (χ1n) is 7.40. The standard InChI is InChI=1S/C15H23N5/c1-12-9-16-17-15(12)8-13-4-3-6-20(10-13)11-14-5-7-19(2)18-14/h5,7,9,13H,3-4,6,8,10-11H2,1-2H3,(H,16,17)/t13-/m0/s1. The molecule has 108 valence electrons. The van der Waals surface area contributed by atoms with Crippen molar-refractivity contribution in [3.63, 3.8) is 0 Å². The van der Waals surface area contributed by atoms with Gasteiger partial charge in [-0.05, 0) is 50.3 Å². The monoisotopic (exact) mass is 273 g/mol. The molecule has 0 unspecified atom stereocenters. The highest BCUT2D eigenvalue weighted by Gasteiger charge is 2.21. The maximum absolute atomic E-state index is 4.48. The predicted octanol–water partition coefficient (Wildman–Crippen LogP) is 1.91. The van der Waals surface area contributed by atoms with Gasteiger partial charge in [0.2, 0.25) is 0 Å².